The van der Waals surface area contributed by atoms with Crippen molar-refractivity contribution in [3.8, 4) is 5.69 Å². The van der Waals surface area contributed by atoms with E-state index in [1.54, 1.807) is 4.68 Å². The van der Waals surface area contributed by atoms with E-state index in [0.717, 1.165) is 43.9 Å². The van der Waals surface area contributed by atoms with Crippen LogP contribution in [0.25, 0.3) is 5.69 Å². The summed E-state index contributed by atoms with van der Waals surface area (Å²) in [7, 11) is 1.98. The van der Waals surface area contributed by atoms with E-state index in [1.165, 1.54) is 0 Å². The Kier molecular flexibility index (Phi) is 5.21. The van der Waals surface area contributed by atoms with Crippen LogP contribution in [0.15, 0.2) is 30.5 Å². The van der Waals surface area contributed by atoms with Gasteiger partial charge in [0.1, 0.15) is 0 Å². The monoisotopic (exact) mass is 346 g/mol. The zero-order valence-corrected chi connectivity index (χ0v) is 14.9. The molecule has 1 N–H and O–H groups in total. The first kappa shape index (κ1) is 17.0. The Morgan fingerprint density at radius 2 is 1.96 bits per heavy atom. The van der Waals surface area contributed by atoms with Crippen LogP contribution in [0.3, 0.4) is 0 Å². The Bertz CT molecular complexity index is 702. The summed E-state index contributed by atoms with van der Waals surface area (Å²) in [6, 6.07) is 7.43. The van der Waals surface area contributed by atoms with Gasteiger partial charge >= 0.3 is 0 Å². The van der Waals surface area contributed by atoms with Gasteiger partial charge in [0.05, 0.1) is 16.9 Å². The molecule has 1 amide bonds. The van der Waals surface area contributed by atoms with Crippen LogP contribution in [0, 0.1) is 12.8 Å². The number of amides is 1. The normalized spacial score (nSPS) is 15.7. The van der Waals surface area contributed by atoms with Gasteiger partial charge in [-0.2, -0.15) is 5.10 Å². The molecule has 1 aliphatic heterocycles. The molecule has 3 rings (SSSR count). The molecule has 1 fully saturated rings. The first-order valence-corrected chi connectivity index (χ1v) is 8.72. The lowest BCUT2D eigenvalue weighted by Crippen LogP contribution is -2.40. The van der Waals surface area contributed by atoms with Gasteiger partial charge in [-0.25, -0.2) is 4.68 Å². The Morgan fingerprint density at radius 3 is 2.58 bits per heavy atom. The van der Waals surface area contributed by atoms with Crippen LogP contribution in [-0.2, 0) is 0 Å². The van der Waals surface area contributed by atoms with Gasteiger partial charge in [-0.15, -0.1) is 0 Å². The number of rotatable bonds is 4. The number of hydrogen-bond donors (Lipinski definition) is 1. The third kappa shape index (κ3) is 3.62. The van der Waals surface area contributed by atoms with E-state index in [9.17, 15) is 4.79 Å². The van der Waals surface area contributed by atoms with Crippen molar-refractivity contribution in [2.24, 2.45) is 5.92 Å². The number of nitrogens with zero attached hydrogens (tertiary/aromatic N) is 3. The maximum absolute atomic E-state index is 12.8. The van der Waals surface area contributed by atoms with Crippen molar-refractivity contribution in [2.45, 2.75) is 19.8 Å². The predicted molar refractivity (Wildman–Crippen MR) is 95.9 cm³/mol. The van der Waals surface area contributed by atoms with Gasteiger partial charge in [0.2, 0.25) is 0 Å². The van der Waals surface area contributed by atoms with E-state index in [4.69, 9.17) is 11.6 Å². The van der Waals surface area contributed by atoms with Crippen LogP contribution in [0.4, 0.5) is 0 Å². The molecule has 0 bridgehead atoms. The minimum atomic E-state index is 0.0793. The molecule has 1 aliphatic rings. The number of halogens is 1. The van der Waals surface area contributed by atoms with E-state index in [0.29, 0.717) is 16.5 Å². The molecule has 1 aromatic heterocycles. The number of likely N-dealkylation sites (tertiary alicyclic amines) is 1. The summed E-state index contributed by atoms with van der Waals surface area (Å²) in [5.41, 5.74) is 2.33. The fraction of sp³-hybridized carbons (Fsp3) is 0.444. The third-order valence-electron chi connectivity index (χ3n) is 4.62. The first-order valence-electron chi connectivity index (χ1n) is 8.34. The van der Waals surface area contributed by atoms with Gasteiger partial charge < -0.3 is 10.2 Å². The highest BCUT2D eigenvalue weighted by Gasteiger charge is 2.25. The second-order valence-corrected chi connectivity index (χ2v) is 6.78. The van der Waals surface area contributed by atoms with Crippen molar-refractivity contribution >= 4 is 17.5 Å². The smallest absolute Gasteiger partial charge is 0.257 e. The molecular formula is C18H23ClN4O. The fourth-order valence-electron chi connectivity index (χ4n) is 3.20. The quantitative estimate of drug-likeness (QED) is 0.926. The molecule has 1 aromatic carbocycles. The molecule has 0 spiro atoms. The van der Waals surface area contributed by atoms with E-state index in [1.807, 2.05) is 49.3 Å². The Hall–Kier alpha value is -1.85. The summed E-state index contributed by atoms with van der Waals surface area (Å²) in [5.74, 6) is 0.743. The number of hydrogen-bond acceptors (Lipinski definition) is 3. The molecular weight excluding hydrogens is 324 g/mol. The Balaban J connectivity index is 1.73. The van der Waals surface area contributed by atoms with Crippen molar-refractivity contribution in [2.75, 3.05) is 26.7 Å². The van der Waals surface area contributed by atoms with E-state index in [2.05, 4.69) is 10.4 Å². The Morgan fingerprint density at radius 1 is 1.29 bits per heavy atom. The van der Waals surface area contributed by atoms with E-state index < -0.39 is 0 Å². The maximum atomic E-state index is 12.8. The van der Waals surface area contributed by atoms with Crippen molar-refractivity contribution < 1.29 is 4.79 Å². The number of aromatic nitrogens is 2. The number of aryl methyl sites for hydroxylation is 1. The van der Waals surface area contributed by atoms with Gasteiger partial charge in [0, 0.05) is 24.3 Å². The molecule has 0 saturated carbocycles. The zero-order chi connectivity index (χ0) is 17.1. The minimum Gasteiger partial charge on any atom is -0.339 e. The van der Waals surface area contributed by atoms with Crippen LogP contribution in [0.2, 0.25) is 5.02 Å². The highest BCUT2D eigenvalue weighted by Crippen LogP contribution is 2.21. The van der Waals surface area contributed by atoms with Crippen LogP contribution in [0.1, 0.15) is 28.9 Å². The summed E-state index contributed by atoms with van der Waals surface area (Å²) < 4.78 is 1.74. The number of piperidine rings is 1. The number of nitrogens with one attached hydrogen (secondary N) is 1. The van der Waals surface area contributed by atoms with E-state index in [-0.39, 0.29) is 5.91 Å². The fourth-order valence-corrected chi connectivity index (χ4v) is 3.32. The molecule has 2 heterocycles. The van der Waals surface area contributed by atoms with Gasteiger partial charge in [-0.1, -0.05) is 11.6 Å². The van der Waals surface area contributed by atoms with E-state index >= 15 is 0 Å². The molecule has 0 aliphatic carbocycles. The van der Waals surface area contributed by atoms with Crippen LogP contribution >= 0.6 is 11.6 Å². The van der Waals surface area contributed by atoms with Crippen LogP contribution < -0.4 is 5.32 Å². The van der Waals surface area contributed by atoms with Crippen molar-refractivity contribution in [1.29, 1.82) is 0 Å². The summed E-state index contributed by atoms with van der Waals surface area (Å²) in [4.78, 5) is 14.8. The molecule has 2 aromatic rings. The number of benzene rings is 1. The average Bonchev–Trinajstić information content (AvgIpc) is 2.98. The lowest BCUT2D eigenvalue weighted by Gasteiger charge is -2.31. The average molecular weight is 347 g/mol. The van der Waals surface area contributed by atoms with Gasteiger partial charge in [0.25, 0.3) is 5.91 Å². The van der Waals surface area contributed by atoms with Gasteiger partial charge in [-0.3, -0.25) is 4.79 Å². The maximum Gasteiger partial charge on any atom is 0.257 e. The van der Waals surface area contributed by atoms with Crippen molar-refractivity contribution in [3.05, 3.63) is 46.7 Å². The molecule has 128 valence electrons. The molecule has 0 atom stereocenters. The zero-order valence-electron chi connectivity index (χ0n) is 14.1. The molecule has 5 nitrogen and oxygen atoms in total. The molecule has 24 heavy (non-hydrogen) atoms. The molecule has 0 unspecified atom stereocenters. The summed E-state index contributed by atoms with van der Waals surface area (Å²) in [6.07, 6.45) is 3.93. The first-order chi connectivity index (χ1) is 11.6. The second kappa shape index (κ2) is 7.36. The number of carbonyl (C=O) groups excluding carboxylic acids is 1. The van der Waals surface area contributed by atoms with Crippen molar-refractivity contribution in [3.63, 3.8) is 0 Å². The summed E-state index contributed by atoms with van der Waals surface area (Å²) in [6.45, 7) is 4.54. The highest BCUT2D eigenvalue weighted by atomic mass is 35.5. The molecule has 6 heteroatoms. The van der Waals surface area contributed by atoms with Crippen LogP contribution in [-0.4, -0.2) is 47.3 Å². The largest absolute Gasteiger partial charge is 0.339 e. The predicted octanol–water partition coefficient (Wildman–Crippen LogP) is 2.91. The standard InChI is InChI=1S/C18H23ClN4O/c1-13-17(12-23(21-13)16-5-3-15(19)4-6-16)18(24)22-9-7-14(8-10-22)11-20-2/h3-6,12,14,20H,7-11H2,1-2H3. The second-order valence-electron chi connectivity index (χ2n) is 6.34. The summed E-state index contributed by atoms with van der Waals surface area (Å²) in [5, 5.41) is 8.39. The third-order valence-corrected chi connectivity index (χ3v) is 4.87. The van der Waals surface area contributed by atoms with Gasteiger partial charge in [0.15, 0.2) is 0 Å². The van der Waals surface area contributed by atoms with Gasteiger partial charge in [-0.05, 0) is 63.5 Å². The Labute approximate surface area is 147 Å². The number of carbonyl (C=O) groups is 1. The lowest BCUT2D eigenvalue weighted by atomic mass is 9.96. The topological polar surface area (TPSA) is 50.2 Å². The minimum absolute atomic E-state index is 0.0793. The SMILES string of the molecule is CNCC1CCN(C(=O)c2cn(-c3ccc(Cl)cc3)nc2C)CC1. The lowest BCUT2D eigenvalue weighted by molar-refractivity contribution is 0.0690. The highest BCUT2D eigenvalue weighted by molar-refractivity contribution is 6.30. The summed E-state index contributed by atoms with van der Waals surface area (Å²) >= 11 is 5.93. The van der Waals surface area contributed by atoms with Crippen LogP contribution in [0.5, 0.6) is 0 Å². The van der Waals surface area contributed by atoms with Crippen molar-refractivity contribution in [1.82, 2.24) is 20.0 Å². The molecule has 1 saturated heterocycles. The molecule has 0 radical (unpaired) electrons.